The van der Waals surface area contributed by atoms with Gasteiger partial charge in [-0.15, -0.1) is 17.8 Å². The maximum atomic E-state index is 6.27. The third-order valence-corrected chi connectivity index (χ3v) is 7.10. The molecule has 0 saturated heterocycles. The molecule has 0 saturated carbocycles. The Kier molecular flexibility index (Phi) is 6.63. The molecular weight excluding hydrogens is 518 g/mol. The minimum Gasteiger partial charge on any atom is -0.456 e. The van der Waals surface area contributed by atoms with Crippen molar-refractivity contribution in [3.8, 4) is 34.4 Å². The number of hydrogen-bond acceptors (Lipinski definition) is 8. The van der Waals surface area contributed by atoms with Crippen LogP contribution in [0.4, 0.5) is 11.7 Å². The van der Waals surface area contributed by atoms with E-state index in [1.54, 1.807) is 29.7 Å². The Morgan fingerprint density at radius 1 is 1.00 bits per heavy atom. The van der Waals surface area contributed by atoms with Gasteiger partial charge in [-0.2, -0.15) is 4.98 Å². The molecule has 0 spiro atoms. The highest BCUT2D eigenvalue weighted by atomic mass is 35.5. The molecule has 4 aromatic heterocycles. The van der Waals surface area contributed by atoms with E-state index in [4.69, 9.17) is 27.2 Å². The zero-order chi connectivity index (χ0) is 25.9. The summed E-state index contributed by atoms with van der Waals surface area (Å²) < 4.78 is 13.0. The zero-order valence-corrected chi connectivity index (χ0v) is 21.5. The highest BCUT2D eigenvalue weighted by molar-refractivity contribution is 7.22. The number of anilines is 2. The highest BCUT2D eigenvalue weighted by Crippen LogP contribution is 2.39. The quantitative estimate of drug-likeness (QED) is 0.154. The summed E-state index contributed by atoms with van der Waals surface area (Å²) in [6, 6.07) is 21.2. The molecule has 38 heavy (non-hydrogen) atoms. The molecule has 7 nitrogen and oxygen atoms in total. The van der Waals surface area contributed by atoms with Gasteiger partial charge in [0.25, 0.3) is 6.01 Å². The van der Waals surface area contributed by atoms with Crippen LogP contribution in [0.5, 0.6) is 11.5 Å². The van der Waals surface area contributed by atoms with Crippen LogP contribution in [0.3, 0.4) is 0 Å². The number of pyridine rings is 2. The first-order chi connectivity index (χ1) is 18.6. The fraction of sp³-hybridized carbons (Fsp3) is 0.0690. The predicted molar refractivity (Wildman–Crippen MR) is 152 cm³/mol. The second-order valence-corrected chi connectivity index (χ2v) is 9.86. The lowest BCUT2D eigenvalue weighted by molar-refractivity contribution is 0.489. The first-order valence-corrected chi connectivity index (χ1v) is 12.9. The van der Waals surface area contributed by atoms with Crippen LogP contribution in [0.1, 0.15) is 5.56 Å². The standard InChI is InChI=1S/C29H20ClN5O2S/c1-2-12-31-16-18-3-9-22(33-17-18)27-15-24-28(38-27)26(11-13-32-24)36-21-8-10-25-23(14-21)35-29(37-25)34-20-6-4-19(30)5-7-20/h1,3-11,13-15,17,31H,12,16H2,(H,34,35). The van der Waals surface area contributed by atoms with Gasteiger partial charge in [0.1, 0.15) is 17.0 Å². The largest absolute Gasteiger partial charge is 0.456 e. The van der Waals surface area contributed by atoms with E-state index in [1.165, 1.54) is 0 Å². The molecule has 0 aliphatic carbocycles. The topological polar surface area (TPSA) is 85.1 Å². The van der Waals surface area contributed by atoms with E-state index in [0.29, 0.717) is 46.7 Å². The number of aromatic nitrogens is 3. The zero-order valence-electron chi connectivity index (χ0n) is 19.9. The minimum absolute atomic E-state index is 0.388. The van der Waals surface area contributed by atoms with Crippen LogP contribution >= 0.6 is 22.9 Å². The monoisotopic (exact) mass is 537 g/mol. The number of thiophene rings is 1. The fourth-order valence-corrected chi connectivity index (χ4v) is 5.05. The van der Waals surface area contributed by atoms with E-state index >= 15 is 0 Å². The lowest BCUT2D eigenvalue weighted by Crippen LogP contribution is -2.12. The van der Waals surface area contributed by atoms with Crippen LogP contribution in [-0.2, 0) is 6.54 Å². The van der Waals surface area contributed by atoms with Gasteiger partial charge < -0.3 is 19.8 Å². The van der Waals surface area contributed by atoms with E-state index in [0.717, 1.165) is 32.0 Å². The van der Waals surface area contributed by atoms with Crippen molar-refractivity contribution in [2.24, 2.45) is 0 Å². The van der Waals surface area contributed by atoms with Crippen molar-refractivity contribution in [2.75, 3.05) is 11.9 Å². The van der Waals surface area contributed by atoms with E-state index in [1.807, 2.05) is 60.8 Å². The molecule has 0 aliphatic rings. The van der Waals surface area contributed by atoms with Crippen molar-refractivity contribution in [3.05, 3.63) is 89.7 Å². The molecule has 186 valence electrons. The van der Waals surface area contributed by atoms with E-state index in [9.17, 15) is 0 Å². The Morgan fingerprint density at radius 3 is 2.71 bits per heavy atom. The number of nitrogens with zero attached hydrogens (tertiary/aromatic N) is 3. The molecule has 4 heterocycles. The van der Waals surface area contributed by atoms with E-state index in [2.05, 4.69) is 31.5 Å². The third-order valence-electron chi connectivity index (χ3n) is 5.69. The first-order valence-electron chi connectivity index (χ1n) is 11.7. The summed E-state index contributed by atoms with van der Waals surface area (Å²) in [5.41, 5.74) is 4.95. The predicted octanol–water partition coefficient (Wildman–Crippen LogP) is 7.41. The summed E-state index contributed by atoms with van der Waals surface area (Å²) in [5, 5.41) is 6.98. The molecule has 2 N–H and O–H groups in total. The second kappa shape index (κ2) is 10.5. The van der Waals surface area contributed by atoms with Gasteiger partial charge in [-0.05, 0) is 54.1 Å². The molecule has 6 rings (SSSR count). The van der Waals surface area contributed by atoms with Crippen molar-refractivity contribution < 1.29 is 9.15 Å². The molecular formula is C29H20ClN5O2S. The molecule has 0 radical (unpaired) electrons. The van der Waals surface area contributed by atoms with Crippen molar-refractivity contribution in [1.29, 1.82) is 0 Å². The van der Waals surface area contributed by atoms with Gasteiger partial charge >= 0.3 is 0 Å². The van der Waals surface area contributed by atoms with E-state index < -0.39 is 0 Å². The Balaban J connectivity index is 1.22. The van der Waals surface area contributed by atoms with Gasteiger partial charge in [0.15, 0.2) is 5.58 Å². The lowest BCUT2D eigenvalue weighted by atomic mass is 10.2. The summed E-state index contributed by atoms with van der Waals surface area (Å²) >= 11 is 7.55. The summed E-state index contributed by atoms with van der Waals surface area (Å²) in [7, 11) is 0. The average molecular weight is 538 g/mol. The van der Waals surface area contributed by atoms with Gasteiger partial charge in [0, 0.05) is 41.8 Å². The van der Waals surface area contributed by atoms with Gasteiger partial charge in [0.05, 0.1) is 27.3 Å². The number of benzene rings is 2. The van der Waals surface area contributed by atoms with Gasteiger partial charge in [0.2, 0.25) is 0 Å². The van der Waals surface area contributed by atoms with Crippen LogP contribution in [-0.4, -0.2) is 21.5 Å². The van der Waals surface area contributed by atoms with Gasteiger partial charge in [-0.3, -0.25) is 9.97 Å². The second-order valence-electron chi connectivity index (χ2n) is 8.38. The van der Waals surface area contributed by atoms with Crippen molar-refractivity contribution in [3.63, 3.8) is 0 Å². The van der Waals surface area contributed by atoms with E-state index in [-0.39, 0.29) is 0 Å². The summed E-state index contributed by atoms with van der Waals surface area (Å²) in [6.07, 6.45) is 8.89. The molecule has 0 aliphatic heterocycles. The normalized spacial score (nSPS) is 11.1. The van der Waals surface area contributed by atoms with Crippen molar-refractivity contribution in [2.45, 2.75) is 6.54 Å². The Bertz CT molecular complexity index is 1770. The maximum Gasteiger partial charge on any atom is 0.300 e. The fourth-order valence-electron chi connectivity index (χ4n) is 3.88. The average Bonchev–Trinajstić information content (AvgIpc) is 3.55. The smallest absolute Gasteiger partial charge is 0.300 e. The van der Waals surface area contributed by atoms with Crippen molar-refractivity contribution >= 4 is 56.0 Å². The summed E-state index contributed by atoms with van der Waals surface area (Å²) in [6.45, 7) is 1.20. The number of fused-ring (bicyclic) bond motifs is 2. The number of hydrogen-bond donors (Lipinski definition) is 2. The van der Waals surface area contributed by atoms with Crippen LogP contribution in [0.25, 0.3) is 31.9 Å². The molecule has 0 amide bonds. The minimum atomic E-state index is 0.388. The SMILES string of the molecule is C#CCNCc1ccc(-c2cc3nccc(Oc4ccc5oc(Nc6ccc(Cl)cc6)nc5c4)c3s2)nc1. The molecule has 9 heteroatoms. The van der Waals surface area contributed by atoms with Crippen LogP contribution < -0.4 is 15.4 Å². The van der Waals surface area contributed by atoms with Crippen LogP contribution in [0.2, 0.25) is 5.02 Å². The van der Waals surface area contributed by atoms with Crippen LogP contribution in [0.15, 0.2) is 83.5 Å². The number of terminal acetylenes is 1. The number of oxazole rings is 1. The maximum absolute atomic E-state index is 6.27. The third kappa shape index (κ3) is 5.17. The number of rotatable bonds is 8. The Hall–Kier alpha value is -4.42. The first kappa shape index (κ1) is 23.9. The molecule has 0 bridgehead atoms. The highest BCUT2D eigenvalue weighted by Gasteiger charge is 2.13. The number of ether oxygens (including phenoxy) is 1. The summed E-state index contributed by atoms with van der Waals surface area (Å²) in [4.78, 5) is 14.7. The lowest BCUT2D eigenvalue weighted by Gasteiger charge is -2.06. The van der Waals surface area contributed by atoms with Crippen LogP contribution in [0, 0.1) is 12.3 Å². The molecule has 6 aromatic rings. The number of nitrogens with one attached hydrogen (secondary N) is 2. The Labute approximate surface area is 227 Å². The molecule has 0 atom stereocenters. The van der Waals surface area contributed by atoms with Crippen molar-refractivity contribution in [1.82, 2.24) is 20.3 Å². The summed E-state index contributed by atoms with van der Waals surface area (Å²) in [5.74, 6) is 3.93. The van der Waals surface area contributed by atoms with Gasteiger partial charge in [-0.1, -0.05) is 23.6 Å². The number of halogens is 1. The Morgan fingerprint density at radius 2 is 1.89 bits per heavy atom. The molecule has 2 aromatic carbocycles. The van der Waals surface area contributed by atoms with Gasteiger partial charge in [-0.25, -0.2) is 0 Å². The molecule has 0 unspecified atom stereocenters. The molecule has 0 fully saturated rings.